The molecule has 2 N–H and O–H groups in total. The molecule has 1 fully saturated rings. The van der Waals surface area contributed by atoms with Gasteiger partial charge >= 0.3 is 5.97 Å². The molecule has 18 heavy (non-hydrogen) atoms. The molecule has 0 bridgehead atoms. The van der Waals surface area contributed by atoms with E-state index in [9.17, 15) is 9.90 Å². The molecule has 1 aliphatic carbocycles. The fraction of sp³-hybridized carbons (Fsp3) is 0.750. The van der Waals surface area contributed by atoms with Crippen molar-refractivity contribution in [1.82, 2.24) is 15.6 Å². The van der Waals surface area contributed by atoms with Crippen molar-refractivity contribution in [2.45, 2.75) is 57.5 Å². The minimum atomic E-state index is -0.818. The SMILES string of the molecule is Cc1nonc1CNC1(C(=O)O)CCCCCC1. The van der Waals surface area contributed by atoms with Gasteiger partial charge in [-0.15, -0.1) is 0 Å². The zero-order valence-electron chi connectivity index (χ0n) is 10.6. The van der Waals surface area contributed by atoms with E-state index in [0.29, 0.717) is 30.8 Å². The average molecular weight is 253 g/mol. The Morgan fingerprint density at radius 3 is 2.50 bits per heavy atom. The minimum absolute atomic E-state index is 0.391. The first-order valence-corrected chi connectivity index (χ1v) is 6.40. The van der Waals surface area contributed by atoms with Crippen LogP contribution in [0.4, 0.5) is 0 Å². The summed E-state index contributed by atoms with van der Waals surface area (Å²) in [7, 11) is 0. The molecule has 0 atom stereocenters. The standard InChI is InChI=1S/C12H19N3O3/c1-9-10(15-18-14-9)8-13-12(11(16)17)6-4-2-3-5-7-12/h13H,2-8H2,1H3,(H,16,17). The van der Waals surface area contributed by atoms with E-state index < -0.39 is 11.5 Å². The molecule has 1 aliphatic rings. The molecular formula is C12H19N3O3. The van der Waals surface area contributed by atoms with E-state index in [1.165, 1.54) is 0 Å². The average Bonchev–Trinajstić information content (AvgIpc) is 2.63. The zero-order valence-corrected chi connectivity index (χ0v) is 10.6. The van der Waals surface area contributed by atoms with Gasteiger partial charge in [0.05, 0.1) is 0 Å². The van der Waals surface area contributed by atoms with Crippen LogP contribution in [0, 0.1) is 6.92 Å². The summed E-state index contributed by atoms with van der Waals surface area (Å²) in [5.74, 6) is -0.765. The second-order valence-corrected chi connectivity index (χ2v) is 4.95. The van der Waals surface area contributed by atoms with Crippen LogP contribution in [0.3, 0.4) is 0 Å². The highest BCUT2D eigenvalue weighted by molar-refractivity contribution is 5.78. The van der Waals surface area contributed by atoms with E-state index in [1.807, 2.05) is 0 Å². The maximum absolute atomic E-state index is 11.6. The van der Waals surface area contributed by atoms with Crippen molar-refractivity contribution in [3.63, 3.8) is 0 Å². The molecule has 6 nitrogen and oxygen atoms in total. The van der Waals surface area contributed by atoms with E-state index in [0.717, 1.165) is 25.7 Å². The van der Waals surface area contributed by atoms with Gasteiger partial charge in [-0.2, -0.15) is 0 Å². The number of aliphatic carboxylic acids is 1. The first-order chi connectivity index (χ1) is 8.64. The van der Waals surface area contributed by atoms with Gasteiger partial charge < -0.3 is 5.11 Å². The van der Waals surface area contributed by atoms with Gasteiger partial charge in [0.1, 0.15) is 16.9 Å². The number of carboxylic acid groups (broad SMARTS) is 1. The monoisotopic (exact) mass is 253 g/mol. The van der Waals surface area contributed by atoms with Crippen molar-refractivity contribution in [3.8, 4) is 0 Å². The van der Waals surface area contributed by atoms with Crippen LogP contribution < -0.4 is 5.32 Å². The molecule has 0 aliphatic heterocycles. The lowest BCUT2D eigenvalue weighted by molar-refractivity contribution is -0.145. The van der Waals surface area contributed by atoms with Crippen LogP contribution in [0.5, 0.6) is 0 Å². The Morgan fingerprint density at radius 1 is 1.33 bits per heavy atom. The molecule has 1 aromatic heterocycles. The van der Waals surface area contributed by atoms with Gasteiger partial charge in [-0.05, 0) is 19.8 Å². The second-order valence-electron chi connectivity index (χ2n) is 4.95. The highest BCUT2D eigenvalue weighted by Gasteiger charge is 2.38. The molecule has 1 heterocycles. The summed E-state index contributed by atoms with van der Waals surface area (Å²) in [6.45, 7) is 2.19. The van der Waals surface area contributed by atoms with Crippen molar-refractivity contribution in [2.75, 3.05) is 0 Å². The van der Waals surface area contributed by atoms with Gasteiger partial charge in [0.25, 0.3) is 0 Å². The van der Waals surface area contributed by atoms with Crippen molar-refractivity contribution in [1.29, 1.82) is 0 Å². The first-order valence-electron chi connectivity index (χ1n) is 6.40. The third-order valence-electron chi connectivity index (χ3n) is 3.71. The number of aromatic nitrogens is 2. The van der Waals surface area contributed by atoms with Gasteiger partial charge in [0, 0.05) is 6.54 Å². The number of hydrogen-bond donors (Lipinski definition) is 2. The Labute approximate surface area is 106 Å². The summed E-state index contributed by atoms with van der Waals surface area (Å²) in [4.78, 5) is 11.6. The number of aryl methyl sites for hydroxylation is 1. The van der Waals surface area contributed by atoms with Crippen molar-refractivity contribution in [2.24, 2.45) is 0 Å². The van der Waals surface area contributed by atoms with Crippen LogP contribution in [-0.4, -0.2) is 26.9 Å². The molecule has 0 amide bonds. The largest absolute Gasteiger partial charge is 0.480 e. The Hall–Kier alpha value is -1.43. The van der Waals surface area contributed by atoms with Crippen LogP contribution in [0.25, 0.3) is 0 Å². The minimum Gasteiger partial charge on any atom is -0.480 e. The van der Waals surface area contributed by atoms with Gasteiger partial charge in [-0.25, -0.2) is 4.63 Å². The lowest BCUT2D eigenvalue weighted by atomic mass is 9.90. The number of rotatable bonds is 4. The zero-order chi connectivity index (χ0) is 13.0. The smallest absolute Gasteiger partial charge is 0.323 e. The molecule has 0 aromatic carbocycles. The number of carbonyl (C=O) groups is 1. The molecule has 0 spiro atoms. The van der Waals surface area contributed by atoms with Crippen molar-refractivity contribution < 1.29 is 14.5 Å². The Balaban J connectivity index is 2.06. The molecule has 1 saturated carbocycles. The lowest BCUT2D eigenvalue weighted by Crippen LogP contribution is -2.51. The quantitative estimate of drug-likeness (QED) is 0.793. The first kappa shape index (κ1) is 13.0. The lowest BCUT2D eigenvalue weighted by Gasteiger charge is -2.29. The van der Waals surface area contributed by atoms with E-state index in [4.69, 9.17) is 0 Å². The van der Waals surface area contributed by atoms with Crippen LogP contribution >= 0.6 is 0 Å². The molecule has 0 unspecified atom stereocenters. The summed E-state index contributed by atoms with van der Waals surface area (Å²) in [6.07, 6.45) is 5.48. The van der Waals surface area contributed by atoms with E-state index in [-0.39, 0.29) is 0 Å². The summed E-state index contributed by atoms with van der Waals surface area (Å²) in [5.41, 5.74) is 0.568. The van der Waals surface area contributed by atoms with Crippen LogP contribution in [0.2, 0.25) is 0 Å². The summed E-state index contributed by atoms with van der Waals surface area (Å²) < 4.78 is 4.62. The fourth-order valence-corrected chi connectivity index (χ4v) is 2.46. The van der Waals surface area contributed by atoms with Crippen LogP contribution in [0.15, 0.2) is 4.63 Å². The normalized spacial score (nSPS) is 19.4. The van der Waals surface area contributed by atoms with E-state index in [2.05, 4.69) is 20.3 Å². The van der Waals surface area contributed by atoms with Crippen molar-refractivity contribution >= 4 is 5.97 Å². The Morgan fingerprint density at radius 2 is 2.00 bits per heavy atom. The Bertz CT molecular complexity index is 408. The number of nitrogens with zero attached hydrogens (tertiary/aromatic N) is 2. The predicted molar refractivity (Wildman–Crippen MR) is 63.9 cm³/mol. The third kappa shape index (κ3) is 2.69. The van der Waals surface area contributed by atoms with E-state index in [1.54, 1.807) is 6.92 Å². The molecule has 1 aromatic rings. The predicted octanol–water partition coefficient (Wildman–Crippen LogP) is 1.65. The highest BCUT2D eigenvalue weighted by atomic mass is 16.6. The molecular weight excluding hydrogens is 234 g/mol. The topological polar surface area (TPSA) is 88.3 Å². The molecule has 6 heteroatoms. The Kier molecular flexibility index (Phi) is 3.96. The third-order valence-corrected chi connectivity index (χ3v) is 3.71. The summed E-state index contributed by atoms with van der Waals surface area (Å²) in [5, 5.41) is 20.1. The van der Waals surface area contributed by atoms with Crippen LogP contribution in [-0.2, 0) is 11.3 Å². The molecule has 100 valence electrons. The van der Waals surface area contributed by atoms with Gasteiger partial charge in [-0.3, -0.25) is 10.1 Å². The molecule has 2 rings (SSSR count). The van der Waals surface area contributed by atoms with Crippen molar-refractivity contribution in [3.05, 3.63) is 11.4 Å². The number of carboxylic acids is 1. The molecule has 0 saturated heterocycles. The van der Waals surface area contributed by atoms with Crippen LogP contribution in [0.1, 0.15) is 49.9 Å². The van der Waals surface area contributed by atoms with Gasteiger partial charge in [0.15, 0.2) is 0 Å². The van der Waals surface area contributed by atoms with E-state index >= 15 is 0 Å². The summed E-state index contributed by atoms with van der Waals surface area (Å²) >= 11 is 0. The number of hydrogen-bond acceptors (Lipinski definition) is 5. The highest BCUT2D eigenvalue weighted by Crippen LogP contribution is 2.27. The maximum Gasteiger partial charge on any atom is 0.323 e. The molecule has 0 radical (unpaired) electrons. The second kappa shape index (κ2) is 5.48. The number of nitrogens with one attached hydrogen (secondary N) is 1. The fourth-order valence-electron chi connectivity index (χ4n) is 2.46. The van der Waals surface area contributed by atoms with Gasteiger partial charge in [0.2, 0.25) is 0 Å². The maximum atomic E-state index is 11.6. The summed E-state index contributed by atoms with van der Waals surface area (Å²) in [6, 6.07) is 0. The van der Waals surface area contributed by atoms with Gasteiger partial charge in [-0.1, -0.05) is 36.0 Å².